The van der Waals surface area contributed by atoms with Gasteiger partial charge in [0.25, 0.3) is 0 Å². The SMILES string of the molecule is CCCCCCCCCc1ccccc1OCCOCCOCCO. The van der Waals surface area contributed by atoms with Crippen LogP contribution in [0.3, 0.4) is 0 Å². The Balaban J connectivity index is 2.12. The molecule has 0 aliphatic heterocycles. The standard InChI is InChI=1S/C21H36O4/c1-2-3-4-5-6-7-8-11-20-12-9-10-13-21(20)25-19-18-24-17-16-23-15-14-22/h9-10,12-13,22H,2-8,11,14-19H2,1H3. The number of ether oxygens (including phenoxy) is 3. The summed E-state index contributed by atoms with van der Waals surface area (Å²) in [7, 11) is 0. The number of unbranched alkanes of at least 4 members (excludes halogenated alkanes) is 6. The molecule has 0 saturated heterocycles. The quantitative estimate of drug-likeness (QED) is 0.423. The number of hydrogen-bond acceptors (Lipinski definition) is 4. The summed E-state index contributed by atoms with van der Waals surface area (Å²) in [5, 5.41) is 8.60. The van der Waals surface area contributed by atoms with Gasteiger partial charge in [0, 0.05) is 0 Å². The summed E-state index contributed by atoms with van der Waals surface area (Å²) in [5.41, 5.74) is 1.29. The van der Waals surface area contributed by atoms with Gasteiger partial charge < -0.3 is 19.3 Å². The van der Waals surface area contributed by atoms with Gasteiger partial charge in [0.2, 0.25) is 0 Å². The molecule has 0 saturated carbocycles. The summed E-state index contributed by atoms with van der Waals surface area (Å²) < 4.78 is 16.5. The maximum Gasteiger partial charge on any atom is 0.122 e. The third-order valence-electron chi connectivity index (χ3n) is 4.12. The van der Waals surface area contributed by atoms with Gasteiger partial charge >= 0.3 is 0 Å². The van der Waals surface area contributed by atoms with E-state index in [4.69, 9.17) is 19.3 Å². The highest BCUT2D eigenvalue weighted by molar-refractivity contribution is 5.33. The molecular formula is C21H36O4. The Bertz CT molecular complexity index is 409. The number of para-hydroxylation sites is 1. The Kier molecular flexibility index (Phi) is 14.4. The normalized spacial score (nSPS) is 11.0. The predicted octanol–water partition coefficient (Wildman–Crippen LogP) is 4.38. The van der Waals surface area contributed by atoms with Crippen LogP contribution < -0.4 is 4.74 Å². The lowest BCUT2D eigenvalue weighted by atomic mass is 10.0. The van der Waals surface area contributed by atoms with Crippen molar-refractivity contribution in [2.24, 2.45) is 0 Å². The predicted molar refractivity (Wildman–Crippen MR) is 102 cm³/mol. The van der Waals surface area contributed by atoms with E-state index in [1.165, 1.54) is 50.5 Å². The Morgan fingerprint density at radius 3 is 2.16 bits per heavy atom. The fraction of sp³-hybridized carbons (Fsp3) is 0.714. The van der Waals surface area contributed by atoms with Gasteiger partial charge in [-0.05, 0) is 24.5 Å². The van der Waals surface area contributed by atoms with Crippen molar-refractivity contribution in [1.82, 2.24) is 0 Å². The summed E-state index contributed by atoms with van der Waals surface area (Å²) in [6.45, 7) is 4.82. The highest BCUT2D eigenvalue weighted by Gasteiger charge is 2.03. The summed E-state index contributed by atoms with van der Waals surface area (Å²) in [4.78, 5) is 0. The summed E-state index contributed by atoms with van der Waals surface area (Å²) >= 11 is 0. The number of aliphatic hydroxyl groups is 1. The molecule has 0 spiro atoms. The molecule has 4 heteroatoms. The van der Waals surface area contributed by atoms with Gasteiger partial charge in [0.15, 0.2) is 0 Å². The van der Waals surface area contributed by atoms with E-state index in [9.17, 15) is 0 Å². The van der Waals surface area contributed by atoms with Gasteiger partial charge in [0.05, 0.1) is 33.0 Å². The average Bonchev–Trinajstić information content (AvgIpc) is 2.64. The maximum absolute atomic E-state index is 8.60. The Labute approximate surface area is 153 Å². The van der Waals surface area contributed by atoms with Crippen molar-refractivity contribution in [2.45, 2.75) is 58.3 Å². The van der Waals surface area contributed by atoms with Crippen LogP contribution >= 0.6 is 0 Å². The Hall–Kier alpha value is -1.10. The van der Waals surface area contributed by atoms with Crippen LogP contribution in [0.5, 0.6) is 5.75 Å². The molecule has 0 aromatic heterocycles. The molecule has 1 rings (SSSR count). The minimum absolute atomic E-state index is 0.0542. The highest BCUT2D eigenvalue weighted by Crippen LogP contribution is 2.20. The molecule has 0 heterocycles. The van der Waals surface area contributed by atoms with Gasteiger partial charge in [0.1, 0.15) is 12.4 Å². The van der Waals surface area contributed by atoms with Gasteiger partial charge in [-0.3, -0.25) is 0 Å². The van der Waals surface area contributed by atoms with Crippen LogP contribution in [0, 0.1) is 0 Å². The van der Waals surface area contributed by atoms with E-state index in [1.54, 1.807) is 0 Å². The smallest absolute Gasteiger partial charge is 0.122 e. The molecule has 0 unspecified atom stereocenters. The van der Waals surface area contributed by atoms with Gasteiger partial charge in [-0.15, -0.1) is 0 Å². The molecule has 1 aromatic carbocycles. The van der Waals surface area contributed by atoms with Gasteiger partial charge in [-0.2, -0.15) is 0 Å². The zero-order valence-corrected chi connectivity index (χ0v) is 15.9. The molecule has 0 bridgehead atoms. The molecule has 0 radical (unpaired) electrons. The molecule has 0 atom stereocenters. The molecule has 25 heavy (non-hydrogen) atoms. The first-order chi connectivity index (χ1) is 12.4. The summed E-state index contributed by atoms with van der Waals surface area (Å²) in [6.07, 6.45) is 10.4. The van der Waals surface area contributed by atoms with Crippen LogP contribution in [0.4, 0.5) is 0 Å². The highest BCUT2D eigenvalue weighted by atomic mass is 16.5. The number of aliphatic hydroxyl groups excluding tert-OH is 1. The van der Waals surface area contributed by atoms with Crippen LogP contribution in [-0.4, -0.2) is 44.7 Å². The maximum atomic E-state index is 8.60. The van der Waals surface area contributed by atoms with Gasteiger partial charge in [-0.25, -0.2) is 0 Å². The van der Waals surface area contributed by atoms with Crippen molar-refractivity contribution >= 4 is 0 Å². The lowest BCUT2D eigenvalue weighted by Crippen LogP contribution is -2.12. The van der Waals surface area contributed by atoms with Crippen molar-refractivity contribution in [1.29, 1.82) is 0 Å². The van der Waals surface area contributed by atoms with E-state index in [1.807, 2.05) is 12.1 Å². The van der Waals surface area contributed by atoms with Crippen molar-refractivity contribution in [3.8, 4) is 5.75 Å². The molecule has 0 aliphatic carbocycles. The number of aryl methyl sites for hydroxylation is 1. The third kappa shape index (κ3) is 12.0. The summed E-state index contributed by atoms with van der Waals surface area (Å²) in [5.74, 6) is 0.980. The largest absolute Gasteiger partial charge is 0.491 e. The van der Waals surface area contributed by atoms with Crippen molar-refractivity contribution in [3.05, 3.63) is 29.8 Å². The second-order valence-electron chi connectivity index (χ2n) is 6.28. The molecule has 0 aliphatic rings. The zero-order chi connectivity index (χ0) is 18.0. The fourth-order valence-electron chi connectivity index (χ4n) is 2.72. The van der Waals surface area contributed by atoms with E-state index in [0.717, 1.165) is 12.2 Å². The van der Waals surface area contributed by atoms with E-state index >= 15 is 0 Å². The van der Waals surface area contributed by atoms with E-state index in [-0.39, 0.29) is 6.61 Å². The molecule has 1 N–H and O–H groups in total. The van der Waals surface area contributed by atoms with Crippen molar-refractivity contribution in [3.63, 3.8) is 0 Å². The van der Waals surface area contributed by atoms with Crippen molar-refractivity contribution < 1.29 is 19.3 Å². The van der Waals surface area contributed by atoms with Crippen LogP contribution in [0.25, 0.3) is 0 Å². The minimum Gasteiger partial charge on any atom is -0.491 e. The molecule has 144 valence electrons. The zero-order valence-electron chi connectivity index (χ0n) is 15.9. The van der Waals surface area contributed by atoms with Crippen molar-refractivity contribution in [2.75, 3.05) is 39.6 Å². The fourth-order valence-corrected chi connectivity index (χ4v) is 2.72. The molecule has 0 fully saturated rings. The van der Waals surface area contributed by atoms with Crippen LogP contribution in [0.15, 0.2) is 24.3 Å². The third-order valence-corrected chi connectivity index (χ3v) is 4.12. The average molecular weight is 353 g/mol. The topological polar surface area (TPSA) is 47.9 Å². The van der Waals surface area contributed by atoms with Crippen LogP contribution in [-0.2, 0) is 15.9 Å². The minimum atomic E-state index is 0.0542. The monoisotopic (exact) mass is 352 g/mol. The second kappa shape index (κ2) is 16.4. The molecule has 0 amide bonds. The first-order valence-corrected chi connectivity index (χ1v) is 9.85. The van der Waals surface area contributed by atoms with Crippen LogP contribution in [0.1, 0.15) is 57.4 Å². The molecule has 1 aromatic rings. The number of benzene rings is 1. The second-order valence-corrected chi connectivity index (χ2v) is 6.28. The first-order valence-electron chi connectivity index (χ1n) is 9.85. The number of rotatable bonds is 17. The lowest BCUT2D eigenvalue weighted by Gasteiger charge is -2.12. The number of hydrogen-bond donors (Lipinski definition) is 1. The van der Waals surface area contributed by atoms with E-state index < -0.39 is 0 Å². The first kappa shape index (κ1) is 21.9. The lowest BCUT2D eigenvalue weighted by molar-refractivity contribution is 0.0246. The Morgan fingerprint density at radius 1 is 0.760 bits per heavy atom. The van der Waals surface area contributed by atoms with Crippen LogP contribution in [0.2, 0.25) is 0 Å². The molecule has 4 nitrogen and oxygen atoms in total. The van der Waals surface area contributed by atoms with Gasteiger partial charge in [-0.1, -0.05) is 63.6 Å². The Morgan fingerprint density at radius 2 is 1.40 bits per heavy atom. The summed E-state index contributed by atoms with van der Waals surface area (Å²) in [6, 6.07) is 8.31. The van der Waals surface area contributed by atoms with E-state index in [0.29, 0.717) is 33.0 Å². The molecular weight excluding hydrogens is 316 g/mol. The van der Waals surface area contributed by atoms with E-state index in [2.05, 4.69) is 19.1 Å².